The minimum atomic E-state index is -0.209. The number of H-pyrrole nitrogens is 1. The van der Waals surface area contributed by atoms with Crippen LogP contribution in [0.3, 0.4) is 0 Å². The van der Waals surface area contributed by atoms with Gasteiger partial charge in [0.15, 0.2) is 0 Å². The van der Waals surface area contributed by atoms with Crippen LogP contribution >= 0.6 is 0 Å². The smallest absolute Gasteiger partial charge is 0.256 e. The molecular weight excluding hydrogens is 266 g/mol. The summed E-state index contributed by atoms with van der Waals surface area (Å²) < 4.78 is 0. The number of hydrogen-bond donors (Lipinski definition) is 2. The summed E-state index contributed by atoms with van der Waals surface area (Å²) in [5.74, 6) is 0.184. The molecule has 0 unspecified atom stereocenters. The topological polar surface area (TPSA) is 83.6 Å². The monoisotopic (exact) mass is 279 g/mol. The maximum Gasteiger partial charge on any atom is 0.256 e. The van der Waals surface area contributed by atoms with E-state index in [4.69, 9.17) is 0 Å². The van der Waals surface area contributed by atoms with Crippen molar-refractivity contribution in [2.75, 3.05) is 5.32 Å². The van der Waals surface area contributed by atoms with Gasteiger partial charge in [-0.25, -0.2) is 0 Å². The molecule has 0 saturated carbocycles. The number of aryl methyl sites for hydroxylation is 1. The van der Waals surface area contributed by atoms with E-state index in [1.165, 1.54) is 0 Å². The predicted molar refractivity (Wildman–Crippen MR) is 78.7 cm³/mol. The molecule has 0 bridgehead atoms. The summed E-state index contributed by atoms with van der Waals surface area (Å²) in [5.41, 5.74) is 3.02. The Kier molecular flexibility index (Phi) is 3.42. The molecule has 0 radical (unpaired) electrons. The van der Waals surface area contributed by atoms with Crippen LogP contribution in [-0.2, 0) is 0 Å². The van der Waals surface area contributed by atoms with Crippen LogP contribution in [0.5, 0.6) is 0 Å². The minimum Gasteiger partial charge on any atom is -0.322 e. The van der Waals surface area contributed by atoms with Crippen molar-refractivity contribution in [3.63, 3.8) is 0 Å². The van der Waals surface area contributed by atoms with Gasteiger partial charge in [-0.3, -0.25) is 4.79 Å². The van der Waals surface area contributed by atoms with Gasteiger partial charge in [0.05, 0.1) is 5.56 Å². The Bertz CT molecular complexity index is 750. The van der Waals surface area contributed by atoms with Crippen LogP contribution in [0.15, 0.2) is 48.5 Å². The summed E-state index contributed by atoms with van der Waals surface area (Å²) in [6.45, 7) is 2.00. The van der Waals surface area contributed by atoms with E-state index in [1.54, 1.807) is 18.2 Å². The third-order valence-electron chi connectivity index (χ3n) is 3.07. The van der Waals surface area contributed by atoms with E-state index in [9.17, 15) is 4.79 Å². The molecule has 2 N–H and O–H groups in total. The third-order valence-corrected chi connectivity index (χ3v) is 3.07. The Morgan fingerprint density at radius 2 is 1.86 bits per heavy atom. The summed E-state index contributed by atoms with van der Waals surface area (Å²) in [6, 6.07) is 14.8. The quantitative estimate of drug-likeness (QED) is 0.771. The zero-order valence-corrected chi connectivity index (χ0v) is 11.4. The van der Waals surface area contributed by atoms with Crippen molar-refractivity contribution in [1.29, 1.82) is 0 Å². The Morgan fingerprint density at radius 1 is 1.10 bits per heavy atom. The average molecular weight is 279 g/mol. The van der Waals surface area contributed by atoms with Crippen LogP contribution in [0.1, 0.15) is 15.9 Å². The summed E-state index contributed by atoms with van der Waals surface area (Å²) >= 11 is 0. The number of amides is 1. The highest BCUT2D eigenvalue weighted by atomic mass is 16.1. The van der Waals surface area contributed by atoms with Crippen LogP contribution in [0.4, 0.5) is 5.69 Å². The number of tetrazole rings is 1. The molecule has 6 nitrogen and oxygen atoms in total. The Hall–Kier alpha value is -3.02. The molecule has 1 aromatic heterocycles. The lowest BCUT2D eigenvalue weighted by atomic mass is 10.1. The highest BCUT2D eigenvalue weighted by molar-refractivity contribution is 6.08. The Labute approximate surface area is 121 Å². The van der Waals surface area contributed by atoms with Gasteiger partial charge in [-0.1, -0.05) is 35.9 Å². The van der Waals surface area contributed by atoms with E-state index in [2.05, 4.69) is 25.9 Å². The van der Waals surface area contributed by atoms with Crippen LogP contribution in [-0.4, -0.2) is 26.5 Å². The van der Waals surface area contributed by atoms with Crippen molar-refractivity contribution in [3.05, 3.63) is 59.7 Å². The maximum atomic E-state index is 12.4. The van der Waals surface area contributed by atoms with E-state index < -0.39 is 0 Å². The summed E-state index contributed by atoms with van der Waals surface area (Å²) in [6.07, 6.45) is 0. The highest BCUT2D eigenvalue weighted by Crippen LogP contribution is 2.20. The van der Waals surface area contributed by atoms with Crippen molar-refractivity contribution in [2.24, 2.45) is 0 Å². The molecule has 0 saturated heterocycles. The van der Waals surface area contributed by atoms with Gasteiger partial charge < -0.3 is 5.32 Å². The first-order valence-electron chi connectivity index (χ1n) is 6.45. The van der Waals surface area contributed by atoms with E-state index in [0.29, 0.717) is 17.0 Å². The first-order chi connectivity index (χ1) is 10.2. The number of hydrogen-bond acceptors (Lipinski definition) is 4. The Morgan fingerprint density at radius 3 is 2.57 bits per heavy atom. The van der Waals surface area contributed by atoms with Gasteiger partial charge in [-0.15, -0.1) is 10.2 Å². The maximum absolute atomic E-state index is 12.4. The fourth-order valence-electron chi connectivity index (χ4n) is 1.99. The molecule has 0 aliphatic carbocycles. The van der Waals surface area contributed by atoms with Gasteiger partial charge in [0, 0.05) is 11.3 Å². The second-order valence-electron chi connectivity index (χ2n) is 4.60. The van der Waals surface area contributed by atoms with E-state index in [0.717, 1.165) is 11.3 Å². The molecule has 0 fully saturated rings. The number of carbonyl (C=O) groups is 1. The zero-order valence-electron chi connectivity index (χ0n) is 11.4. The second-order valence-corrected chi connectivity index (χ2v) is 4.60. The van der Waals surface area contributed by atoms with E-state index in [1.807, 2.05) is 37.3 Å². The molecule has 3 rings (SSSR count). The minimum absolute atomic E-state index is 0.209. The lowest BCUT2D eigenvalue weighted by Crippen LogP contribution is -2.13. The molecular formula is C15H13N5O. The predicted octanol–water partition coefficient (Wildman–Crippen LogP) is 2.43. The summed E-state index contributed by atoms with van der Waals surface area (Å²) in [4.78, 5) is 12.4. The van der Waals surface area contributed by atoms with Crippen molar-refractivity contribution in [1.82, 2.24) is 20.6 Å². The number of rotatable bonds is 3. The molecule has 0 aliphatic heterocycles. The van der Waals surface area contributed by atoms with Crippen molar-refractivity contribution >= 4 is 11.6 Å². The second kappa shape index (κ2) is 5.54. The van der Waals surface area contributed by atoms with Gasteiger partial charge >= 0.3 is 0 Å². The summed E-state index contributed by atoms with van der Waals surface area (Å²) in [7, 11) is 0. The van der Waals surface area contributed by atoms with Crippen molar-refractivity contribution < 1.29 is 4.79 Å². The first kappa shape index (κ1) is 13.0. The molecule has 1 amide bonds. The molecule has 0 spiro atoms. The molecule has 6 heteroatoms. The third kappa shape index (κ3) is 2.79. The van der Waals surface area contributed by atoms with Crippen molar-refractivity contribution in [2.45, 2.75) is 6.92 Å². The normalized spacial score (nSPS) is 10.3. The van der Waals surface area contributed by atoms with Gasteiger partial charge in [-0.2, -0.15) is 5.21 Å². The van der Waals surface area contributed by atoms with Crippen molar-refractivity contribution in [3.8, 4) is 11.4 Å². The Balaban J connectivity index is 1.90. The fraction of sp³-hybridized carbons (Fsp3) is 0.0667. The molecule has 104 valence electrons. The first-order valence-corrected chi connectivity index (χ1v) is 6.45. The van der Waals surface area contributed by atoms with Crippen LogP contribution in [0.2, 0.25) is 0 Å². The van der Waals surface area contributed by atoms with Gasteiger partial charge in [0.1, 0.15) is 0 Å². The standard InChI is InChI=1S/C15H13N5O/c1-10-6-8-11(9-7-10)16-15(21)13-5-3-2-4-12(13)14-17-19-20-18-14/h2-9H,1H3,(H,16,21)(H,17,18,19,20). The number of aromatic nitrogens is 4. The molecule has 21 heavy (non-hydrogen) atoms. The average Bonchev–Trinajstić information content (AvgIpc) is 3.04. The number of carbonyl (C=O) groups excluding carboxylic acids is 1. The number of nitrogens with zero attached hydrogens (tertiary/aromatic N) is 3. The zero-order chi connectivity index (χ0) is 14.7. The molecule has 1 heterocycles. The fourth-order valence-corrected chi connectivity index (χ4v) is 1.99. The van der Waals surface area contributed by atoms with Crippen LogP contribution in [0, 0.1) is 6.92 Å². The highest BCUT2D eigenvalue weighted by Gasteiger charge is 2.15. The molecule has 0 aliphatic rings. The van der Waals surface area contributed by atoms with Gasteiger partial charge in [0.25, 0.3) is 5.91 Å². The number of benzene rings is 2. The lowest BCUT2D eigenvalue weighted by molar-refractivity contribution is 0.102. The van der Waals surface area contributed by atoms with E-state index in [-0.39, 0.29) is 5.91 Å². The van der Waals surface area contributed by atoms with Gasteiger partial charge in [0.2, 0.25) is 5.82 Å². The molecule has 2 aromatic carbocycles. The molecule has 0 atom stereocenters. The van der Waals surface area contributed by atoms with Crippen LogP contribution in [0.25, 0.3) is 11.4 Å². The lowest BCUT2D eigenvalue weighted by Gasteiger charge is -2.08. The largest absolute Gasteiger partial charge is 0.322 e. The van der Waals surface area contributed by atoms with Crippen LogP contribution < -0.4 is 5.32 Å². The summed E-state index contributed by atoms with van der Waals surface area (Å²) in [5, 5.41) is 16.6. The van der Waals surface area contributed by atoms with Gasteiger partial charge in [-0.05, 0) is 30.3 Å². The SMILES string of the molecule is Cc1ccc(NC(=O)c2ccccc2-c2nn[nH]n2)cc1. The number of nitrogens with one attached hydrogen (secondary N) is 2. The number of anilines is 1. The molecule has 3 aromatic rings. The number of aromatic amines is 1. The van der Waals surface area contributed by atoms with E-state index >= 15 is 0 Å².